The largest absolute Gasteiger partial charge is 0.378 e. The molecular weight excluding hydrogens is 342 g/mol. The predicted octanol–water partition coefficient (Wildman–Crippen LogP) is 2.14. The quantitative estimate of drug-likeness (QED) is 0.828. The Labute approximate surface area is 161 Å². The molecule has 2 amide bonds. The zero-order chi connectivity index (χ0) is 19.8. The fourth-order valence-corrected chi connectivity index (χ4v) is 4.10. The van der Waals surface area contributed by atoms with Crippen LogP contribution in [0, 0.1) is 12.3 Å². The number of amides is 2. The lowest BCUT2D eigenvalue weighted by Gasteiger charge is -2.57. The van der Waals surface area contributed by atoms with Gasteiger partial charge in [0.2, 0.25) is 11.8 Å². The number of nitrogens with zero attached hydrogens (tertiary/aromatic N) is 1. The zero-order valence-corrected chi connectivity index (χ0v) is 16.7. The third-order valence-electron chi connectivity index (χ3n) is 6.32. The molecule has 148 valence electrons. The molecule has 3 rings (SSSR count). The highest BCUT2D eigenvalue weighted by atomic mass is 16.5. The molecule has 1 aliphatic heterocycles. The second-order valence-corrected chi connectivity index (χ2v) is 8.33. The second-order valence-electron chi connectivity index (χ2n) is 8.33. The molecule has 2 aliphatic rings. The maximum absolute atomic E-state index is 13.0. The maximum atomic E-state index is 13.0. The van der Waals surface area contributed by atoms with Gasteiger partial charge in [-0.2, -0.15) is 0 Å². The molecule has 1 aliphatic carbocycles. The molecule has 0 aromatic heterocycles. The molecular formula is C21H31N3O3. The van der Waals surface area contributed by atoms with Gasteiger partial charge in [-0.25, -0.2) is 0 Å². The number of aryl methyl sites for hydroxylation is 1. The lowest BCUT2D eigenvalue weighted by Crippen LogP contribution is -2.76. The van der Waals surface area contributed by atoms with Crippen LogP contribution in [-0.4, -0.2) is 42.7 Å². The first-order valence-corrected chi connectivity index (χ1v) is 9.80. The van der Waals surface area contributed by atoms with Gasteiger partial charge in [0, 0.05) is 30.7 Å². The first-order chi connectivity index (χ1) is 12.7. The molecule has 1 saturated carbocycles. The van der Waals surface area contributed by atoms with E-state index in [1.807, 2.05) is 52.0 Å². The van der Waals surface area contributed by atoms with Crippen LogP contribution >= 0.6 is 0 Å². The van der Waals surface area contributed by atoms with Gasteiger partial charge in [0.25, 0.3) is 0 Å². The summed E-state index contributed by atoms with van der Waals surface area (Å²) in [6, 6.07) is 7.34. The Morgan fingerprint density at radius 3 is 2.59 bits per heavy atom. The van der Waals surface area contributed by atoms with E-state index in [4.69, 9.17) is 10.5 Å². The summed E-state index contributed by atoms with van der Waals surface area (Å²) in [6.45, 7) is 9.13. The van der Waals surface area contributed by atoms with Crippen LogP contribution in [-0.2, 0) is 14.3 Å². The lowest BCUT2D eigenvalue weighted by atomic mass is 9.54. The minimum atomic E-state index is -1.01. The van der Waals surface area contributed by atoms with Crippen LogP contribution in [0.15, 0.2) is 24.3 Å². The van der Waals surface area contributed by atoms with Crippen molar-refractivity contribution in [3.63, 3.8) is 0 Å². The van der Waals surface area contributed by atoms with Gasteiger partial charge in [-0.15, -0.1) is 0 Å². The highest BCUT2D eigenvalue weighted by Crippen LogP contribution is 2.49. The summed E-state index contributed by atoms with van der Waals surface area (Å²) in [4.78, 5) is 27.7. The zero-order valence-electron chi connectivity index (χ0n) is 16.7. The van der Waals surface area contributed by atoms with Crippen LogP contribution in [0.2, 0.25) is 0 Å². The normalized spacial score (nSPS) is 30.0. The minimum Gasteiger partial charge on any atom is -0.378 e. The number of hydrogen-bond donors (Lipinski definition) is 2. The van der Waals surface area contributed by atoms with Crippen LogP contribution in [0.4, 0.5) is 5.69 Å². The number of nitrogens with one attached hydrogen (secondary N) is 1. The Balaban J connectivity index is 1.69. The van der Waals surface area contributed by atoms with Gasteiger partial charge < -0.3 is 20.7 Å². The van der Waals surface area contributed by atoms with Crippen molar-refractivity contribution >= 4 is 17.5 Å². The predicted molar refractivity (Wildman–Crippen MR) is 105 cm³/mol. The molecule has 1 saturated heterocycles. The molecule has 2 fully saturated rings. The number of ether oxygens (including phenoxy) is 1. The van der Waals surface area contributed by atoms with E-state index in [1.54, 1.807) is 4.90 Å². The van der Waals surface area contributed by atoms with Crippen LogP contribution < -0.4 is 16.0 Å². The van der Waals surface area contributed by atoms with Gasteiger partial charge in [0.05, 0.1) is 6.10 Å². The summed E-state index contributed by atoms with van der Waals surface area (Å²) < 4.78 is 5.70. The average molecular weight is 373 g/mol. The number of hydrogen-bond acceptors (Lipinski definition) is 4. The van der Waals surface area contributed by atoms with Crippen molar-refractivity contribution in [1.82, 2.24) is 5.32 Å². The Kier molecular flexibility index (Phi) is 5.32. The van der Waals surface area contributed by atoms with Crippen molar-refractivity contribution in [3.05, 3.63) is 29.8 Å². The summed E-state index contributed by atoms with van der Waals surface area (Å²) in [5, 5.41) is 2.93. The van der Waals surface area contributed by atoms with Gasteiger partial charge in [-0.05, 0) is 38.8 Å². The van der Waals surface area contributed by atoms with Crippen LogP contribution in [0.5, 0.6) is 0 Å². The van der Waals surface area contributed by atoms with Crippen molar-refractivity contribution in [2.24, 2.45) is 11.1 Å². The molecule has 27 heavy (non-hydrogen) atoms. The Bertz CT molecular complexity index is 716. The molecule has 0 spiro atoms. The highest BCUT2D eigenvalue weighted by molar-refractivity contribution is 6.01. The number of rotatable bonds is 5. The monoisotopic (exact) mass is 373 g/mol. The van der Waals surface area contributed by atoms with E-state index < -0.39 is 17.0 Å². The third-order valence-corrected chi connectivity index (χ3v) is 6.32. The molecule has 0 bridgehead atoms. The highest BCUT2D eigenvalue weighted by Gasteiger charge is 2.63. The van der Waals surface area contributed by atoms with Crippen molar-refractivity contribution in [1.29, 1.82) is 0 Å². The number of piperidine rings is 1. The molecule has 0 radical (unpaired) electrons. The van der Waals surface area contributed by atoms with Gasteiger partial charge >= 0.3 is 0 Å². The molecule has 1 aromatic rings. The van der Waals surface area contributed by atoms with E-state index in [2.05, 4.69) is 5.32 Å². The Hall–Kier alpha value is -1.92. The standard InChI is InChI=1S/C21H31N3O3/c1-5-27-17-13-21(22,20(17,3)4)19(26)23-16-7-6-12-24(18(16)25)15-10-8-14(2)9-11-15/h8-11,16-17H,5-7,12-13,22H2,1-4H3,(H,23,26). The summed E-state index contributed by atoms with van der Waals surface area (Å²) in [6.07, 6.45) is 1.91. The van der Waals surface area contributed by atoms with Crippen molar-refractivity contribution in [2.45, 2.75) is 64.6 Å². The molecule has 1 heterocycles. The first-order valence-electron chi connectivity index (χ1n) is 9.80. The number of benzene rings is 1. The first kappa shape index (κ1) is 19.8. The molecule has 3 atom stereocenters. The lowest BCUT2D eigenvalue weighted by molar-refractivity contribution is -0.171. The van der Waals surface area contributed by atoms with Crippen LogP contribution in [0.3, 0.4) is 0 Å². The number of carbonyl (C=O) groups excluding carboxylic acids is 2. The maximum Gasteiger partial charge on any atom is 0.249 e. The summed E-state index contributed by atoms with van der Waals surface area (Å²) in [7, 11) is 0. The fourth-order valence-electron chi connectivity index (χ4n) is 4.10. The number of carbonyl (C=O) groups is 2. The Morgan fingerprint density at radius 1 is 1.33 bits per heavy atom. The molecule has 6 nitrogen and oxygen atoms in total. The van der Waals surface area contributed by atoms with E-state index in [0.29, 0.717) is 26.0 Å². The van der Waals surface area contributed by atoms with E-state index in [9.17, 15) is 9.59 Å². The SMILES string of the molecule is CCOC1CC(N)(C(=O)NC2CCCN(c3ccc(C)cc3)C2=O)C1(C)C. The van der Waals surface area contributed by atoms with Gasteiger partial charge in [0.15, 0.2) is 0 Å². The van der Waals surface area contributed by atoms with E-state index in [1.165, 1.54) is 0 Å². The second kappa shape index (κ2) is 7.24. The molecule has 6 heteroatoms. The number of anilines is 1. The molecule has 3 unspecified atom stereocenters. The van der Waals surface area contributed by atoms with Gasteiger partial charge in [-0.3, -0.25) is 9.59 Å². The molecule has 3 N–H and O–H groups in total. The van der Waals surface area contributed by atoms with Crippen molar-refractivity contribution in [3.8, 4) is 0 Å². The van der Waals surface area contributed by atoms with Crippen molar-refractivity contribution in [2.75, 3.05) is 18.1 Å². The fraction of sp³-hybridized carbons (Fsp3) is 0.619. The van der Waals surface area contributed by atoms with E-state index in [0.717, 1.165) is 17.7 Å². The number of nitrogens with two attached hydrogens (primary N) is 1. The average Bonchev–Trinajstić information content (AvgIpc) is 2.64. The topological polar surface area (TPSA) is 84.7 Å². The third kappa shape index (κ3) is 3.36. The van der Waals surface area contributed by atoms with E-state index in [-0.39, 0.29) is 17.9 Å². The summed E-state index contributed by atoms with van der Waals surface area (Å²) in [5.41, 5.74) is 6.98. The Morgan fingerprint density at radius 2 is 2.00 bits per heavy atom. The summed E-state index contributed by atoms with van der Waals surface area (Å²) in [5.74, 6) is -0.326. The van der Waals surface area contributed by atoms with E-state index >= 15 is 0 Å². The van der Waals surface area contributed by atoms with Crippen LogP contribution in [0.25, 0.3) is 0 Å². The van der Waals surface area contributed by atoms with Gasteiger partial charge in [-0.1, -0.05) is 31.5 Å². The minimum absolute atomic E-state index is 0.0376. The summed E-state index contributed by atoms with van der Waals surface area (Å²) >= 11 is 0. The van der Waals surface area contributed by atoms with Crippen molar-refractivity contribution < 1.29 is 14.3 Å². The molecule has 1 aromatic carbocycles. The van der Waals surface area contributed by atoms with Gasteiger partial charge in [0.1, 0.15) is 11.6 Å². The smallest absolute Gasteiger partial charge is 0.249 e. The van der Waals surface area contributed by atoms with Crippen LogP contribution in [0.1, 0.15) is 45.6 Å².